The molecule has 1 heterocycles. The van der Waals surface area contributed by atoms with Crippen LogP contribution in [0.2, 0.25) is 5.02 Å². The molecule has 1 N–H and O–H groups in total. The average Bonchev–Trinajstić information content (AvgIpc) is 2.68. The lowest BCUT2D eigenvalue weighted by Gasteiger charge is -2.08. The van der Waals surface area contributed by atoms with Crippen LogP contribution < -0.4 is 10.1 Å². The zero-order chi connectivity index (χ0) is 19.4. The molecule has 0 saturated carbocycles. The molecule has 3 aromatic rings. The molecule has 0 fully saturated rings. The van der Waals surface area contributed by atoms with Crippen molar-refractivity contribution in [3.05, 3.63) is 58.9 Å². The fourth-order valence-electron chi connectivity index (χ4n) is 2.36. The van der Waals surface area contributed by atoms with Crippen molar-refractivity contribution in [1.29, 1.82) is 5.26 Å². The van der Waals surface area contributed by atoms with E-state index < -0.39 is 5.82 Å². The number of halogens is 2. The van der Waals surface area contributed by atoms with Crippen LogP contribution in [-0.2, 0) is 4.79 Å². The Morgan fingerprint density at radius 2 is 2.15 bits per heavy atom. The number of nitriles is 1. The molecule has 1 aromatic heterocycles. The lowest BCUT2D eigenvalue weighted by Crippen LogP contribution is -2.14. The van der Waals surface area contributed by atoms with Gasteiger partial charge in [0.15, 0.2) is 0 Å². The third-order valence-corrected chi connectivity index (χ3v) is 4.93. The van der Waals surface area contributed by atoms with Gasteiger partial charge in [0.1, 0.15) is 22.7 Å². The number of fused-ring (bicyclic) bond motifs is 1. The van der Waals surface area contributed by atoms with Gasteiger partial charge in [0.25, 0.3) is 0 Å². The maximum Gasteiger partial charge on any atom is 0.234 e. The Morgan fingerprint density at radius 1 is 1.33 bits per heavy atom. The zero-order valence-electron chi connectivity index (χ0n) is 14.1. The van der Waals surface area contributed by atoms with Crippen LogP contribution in [0.5, 0.6) is 5.75 Å². The molecule has 0 unspecified atom stereocenters. The number of ether oxygens (including phenoxy) is 1. The highest BCUT2D eigenvalue weighted by molar-refractivity contribution is 8.00. The van der Waals surface area contributed by atoms with Crippen LogP contribution in [0.1, 0.15) is 5.56 Å². The van der Waals surface area contributed by atoms with Crippen LogP contribution in [-0.4, -0.2) is 23.8 Å². The van der Waals surface area contributed by atoms with Crippen molar-refractivity contribution < 1.29 is 13.9 Å². The molecule has 3 rings (SSSR count). The number of carbonyl (C=O) groups excluding carboxylic acids is 1. The van der Waals surface area contributed by atoms with Crippen molar-refractivity contribution in [2.45, 2.75) is 5.03 Å². The highest BCUT2D eigenvalue weighted by Crippen LogP contribution is 2.27. The molecule has 2 aromatic carbocycles. The van der Waals surface area contributed by atoms with Gasteiger partial charge in [-0.05, 0) is 42.5 Å². The topological polar surface area (TPSA) is 75.0 Å². The van der Waals surface area contributed by atoms with E-state index in [-0.39, 0.29) is 16.7 Å². The molecule has 0 aliphatic carbocycles. The van der Waals surface area contributed by atoms with Gasteiger partial charge in [-0.2, -0.15) is 5.26 Å². The largest absolute Gasteiger partial charge is 0.497 e. The van der Waals surface area contributed by atoms with Crippen molar-refractivity contribution in [3.8, 4) is 11.8 Å². The summed E-state index contributed by atoms with van der Waals surface area (Å²) in [5.41, 5.74) is 1.47. The van der Waals surface area contributed by atoms with Gasteiger partial charge in [0, 0.05) is 11.1 Å². The van der Waals surface area contributed by atoms with Crippen LogP contribution in [0.15, 0.2) is 47.5 Å². The number of hydrogen-bond donors (Lipinski definition) is 1. The second-order valence-electron chi connectivity index (χ2n) is 5.48. The normalized spacial score (nSPS) is 10.4. The van der Waals surface area contributed by atoms with Gasteiger partial charge in [0.05, 0.1) is 29.0 Å². The second kappa shape index (κ2) is 8.25. The van der Waals surface area contributed by atoms with E-state index in [1.165, 1.54) is 18.2 Å². The predicted molar refractivity (Wildman–Crippen MR) is 104 cm³/mol. The summed E-state index contributed by atoms with van der Waals surface area (Å²) < 4.78 is 18.3. The number of thioether (sulfide) groups is 1. The number of anilines is 1. The smallest absolute Gasteiger partial charge is 0.234 e. The Bertz CT molecular complexity index is 1070. The third-order valence-electron chi connectivity index (χ3n) is 3.65. The molecule has 0 atom stereocenters. The summed E-state index contributed by atoms with van der Waals surface area (Å²) in [6.45, 7) is 0. The molecule has 0 aliphatic rings. The van der Waals surface area contributed by atoms with E-state index in [2.05, 4.69) is 16.4 Å². The average molecular weight is 402 g/mol. The Hall–Kier alpha value is -2.82. The summed E-state index contributed by atoms with van der Waals surface area (Å²) in [7, 11) is 1.57. The SMILES string of the molecule is COc1ccc2nc(SCC(=O)Nc3ccc(F)c(Cl)c3)c(C#N)cc2c1. The number of aromatic nitrogens is 1. The maximum atomic E-state index is 13.2. The van der Waals surface area contributed by atoms with Gasteiger partial charge in [-0.15, -0.1) is 0 Å². The minimum Gasteiger partial charge on any atom is -0.497 e. The number of methoxy groups -OCH3 is 1. The van der Waals surface area contributed by atoms with Crippen LogP contribution >= 0.6 is 23.4 Å². The Kier molecular flexibility index (Phi) is 5.79. The first kappa shape index (κ1) is 19.0. The molecule has 0 bridgehead atoms. The van der Waals surface area contributed by atoms with Crippen LogP contribution in [0.25, 0.3) is 10.9 Å². The number of benzene rings is 2. The predicted octanol–water partition coefficient (Wildman–Crippen LogP) is 4.64. The number of nitrogens with one attached hydrogen (secondary N) is 1. The summed E-state index contributed by atoms with van der Waals surface area (Å²) in [5.74, 6) is -0.160. The van der Waals surface area contributed by atoms with Crippen LogP contribution in [0.4, 0.5) is 10.1 Å². The summed E-state index contributed by atoms with van der Waals surface area (Å²) in [5, 5.41) is 13.2. The van der Waals surface area contributed by atoms with Gasteiger partial charge < -0.3 is 10.1 Å². The molecular weight excluding hydrogens is 389 g/mol. The minimum atomic E-state index is -0.556. The van der Waals surface area contributed by atoms with Crippen molar-refractivity contribution in [3.63, 3.8) is 0 Å². The molecule has 8 heteroatoms. The molecule has 0 spiro atoms. The van der Waals surface area contributed by atoms with Gasteiger partial charge in [-0.25, -0.2) is 9.37 Å². The molecular formula is C19H13ClFN3O2S. The lowest BCUT2D eigenvalue weighted by molar-refractivity contribution is -0.113. The van der Waals surface area contributed by atoms with E-state index in [1.807, 2.05) is 0 Å². The maximum absolute atomic E-state index is 13.2. The van der Waals surface area contributed by atoms with E-state index in [4.69, 9.17) is 16.3 Å². The molecule has 5 nitrogen and oxygen atoms in total. The number of rotatable bonds is 5. The molecule has 136 valence electrons. The number of nitrogens with zero attached hydrogens (tertiary/aromatic N) is 2. The fraction of sp³-hybridized carbons (Fsp3) is 0.105. The zero-order valence-corrected chi connectivity index (χ0v) is 15.7. The van der Waals surface area contributed by atoms with Gasteiger partial charge >= 0.3 is 0 Å². The standard InChI is InChI=1S/C19H13ClFN3O2S/c1-26-14-3-5-17-11(7-14)6-12(9-22)19(24-17)27-10-18(25)23-13-2-4-16(21)15(20)8-13/h2-8H,10H2,1H3,(H,23,25). The second-order valence-corrected chi connectivity index (χ2v) is 6.85. The van der Waals surface area contributed by atoms with Gasteiger partial charge in [-0.1, -0.05) is 23.4 Å². The van der Waals surface area contributed by atoms with Crippen LogP contribution in [0, 0.1) is 17.1 Å². The molecule has 0 radical (unpaired) electrons. The minimum absolute atomic E-state index is 0.0400. The van der Waals surface area contributed by atoms with E-state index >= 15 is 0 Å². The third kappa shape index (κ3) is 4.48. The fourth-order valence-corrected chi connectivity index (χ4v) is 3.30. The number of hydrogen-bond acceptors (Lipinski definition) is 5. The Morgan fingerprint density at radius 3 is 2.85 bits per heavy atom. The monoisotopic (exact) mass is 401 g/mol. The number of amides is 1. The van der Waals surface area contributed by atoms with Crippen molar-refractivity contribution in [2.75, 3.05) is 18.2 Å². The molecule has 27 heavy (non-hydrogen) atoms. The quantitative estimate of drug-likeness (QED) is 0.630. The number of carbonyl (C=O) groups is 1. The van der Waals surface area contributed by atoms with E-state index in [0.717, 1.165) is 17.1 Å². The molecule has 0 aliphatic heterocycles. The first-order valence-corrected chi connectivity index (χ1v) is 9.13. The van der Waals surface area contributed by atoms with Gasteiger partial charge in [-0.3, -0.25) is 4.79 Å². The van der Waals surface area contributed by atoms with Crippen molar-refractivity contribution >= 4 is 45.9 Å². The van der Waals surface area contributed by atoms with Crippen molar-refractivity contribution in [1.82, 2.24) is 4.98 Å². The number of pyridine rings is 1. The first-order valence-electron chi connectivity index (χ1n) is 7.77. The summed E-state index contributed by atoms with van der Waals surface area (Å²) in [6, 6.07) is 13.1. The first-order chi connectivity index (χ1) is 13.0. The Labute approximate surface area is 164 Å². The molecule has 1 amide bonds. The summed E-state index contributed by atoms with van der Waals surface area (Å²) in [6.07, 6.45) is 0. The van der Waals surface area contributed by atoms with Gasteiger partial charge in [0.2, 0.25) is 5.91 Å². The van der Waals surface area contributed by atoms with Crippen LogP contribution in [0.3, 0.4) is 0 Å². The molecule has 0 saturated heterocycles. The highest BCUT2D eigenvalue weighted by atomic mass is 35.5. The van der Waals surface area contributed by atoms with E-state index in [1.54, 1.807) is 31.4 Å². The van der Waals surface area contributed by atoms with Crippen molar-refractivity contribution in [2.24, 2.45) is 0 Å². The lowest BCUT2D eigenvalue weighted by atomic mass is 10.1. The Balaban J connectivity index is 1.74. The summed E-state index contributed by atoms with van der Waals surface area (Å²) >= 11 is 6.85. The van der Waals surface area contributed by atoms with E-state index in [9.17, 15) is 14.4 Å². The van der Waals surface area contributed by atoms with E-state index in [0.29, 0.717) is 27.5 Å². The highest BCUT2D eigenvalue weighted by Gasteiger charge is 2.12. The summed E-state index contributed by atoms with van der Waals surface area (Å²) in [4.78, 5) is 16.6.